The van der Waals surface area contributed by atoms with Gasteiger partial charge >= 0.3 is 0 Å². The molecule has 0 aliphatic carbocycles. The molecule has 3 rings (SSSR count). The number of nitrogens with one attached hydrogen (secondary N) is 1. The number of fused-ring (bicyclic) bond motifs is 1. The Morgan fingerprint density at radius 3 is 2.94 bits per heavy atom. The van der Waals surface area contributed by atoms with Crippen LogP contribution in [-0.4, -0.2) is 22.6 Å². The average molecular weight is 294 g/mol. The van der Waals surface area contributed by atoms with Gasteiger partial charge < -0.3 is 9.88 Å². The van der Waals surface area contributed by atoms with Gasteiger partial charge in [-0.05, 0) is 44.1 Å². The molecule has 1 aromatic heterocycles. The first-order chi connectivity index (χ1) is 8.28. The lowest BCUT2D eigenvalue weighted by molar-refractivity contribution is 0.338. The van der Waals surface area contributed by atoms with Crippen LogP contribution in [0.3, 0.4) is 0 Å². The number of aryl methyl sites for hydroxylation is 1. The summed E-state index contributed by atoms with van der Waals surface area (Å²) < 4.78 is 3.43. The summed E-state index contributed by atoms with van der Waals surface area (Å²) in [4.78, 5) is 4.77. The van der Waals surface area contributed by atoms with E-state index in [4.69, 9.17) is 4.98 Å². The zero-order chi connectivity index (χ0) is 11.8. The van der Waals surface area contributed by atoms with Crippen LogP contribution in [0.2, 0.25) is 0 Å². The minimum atomic E-state index is 0.764. The number of nitrogens with zero attached hydrogens (tertiary/aromatic N) is 2. The summed E-state index contributed by atoms with van der Waals surface area (Å²) in [7, 11) is 0. The van der Waals surface area contributed by atoms with E-state index in [0.717, 1.165) is 42.0 Å². The van der Waals surface area contributed by atoms with E-state index in [-0.39, 0.29) is 0 Å². The second kappa shape index (κ2) is 4.42. The highest BCUT2D eigenvalue weighted by atomic mass is 79.9. The molecular weight excluding hydrogens is 278 g/mol. The average Bonchev–Trinajstić information content (AvgIpc) is 2.59. The number of imidazole rings is 1. The lowest BCUT2D eigenvalue weighted by atomic mass is 9.99. The van der Waals surface area contributed by atoms with Gasteiger partial charge in [0, 0.05) is 17.4 Å². The third-order valence-electron chi connectivity index (χ3n) is 3.44. The summed E-state index contributed by atoms with van der Waals surface area (Å²) in [5, 5.41) is 3.32. The lowest BCUT2D eigenvalue weighted by Crippen LogP contribution is -2.43. The Labute approximate surface area is 109 Å². The van der Waals surface area contributed by atoms with Crippen LogP contribution in [0.4, 0.5) is 0 Å². The number of halogens is 1. The van der Waals surface area contributed by atoms with Crippen LogP contribution in [0.15, 0.2) is 22.7 Å². The van der Waals surface area contributed by atoms with Crippen molar-refractivity contribution in [2.75, 3.05) is 13.1 Å². The molecule has 1 N–H and O–H groups in total. The first kappa shape index (κ1) is 11.2. The fourth-order valence-electron chi connectivity index (χ4n) is 2.41. The highest BCUT2D eigenvalue weighted by molar-refractivity contribution is 9.10. The normalized spacial score (nSPS) is 16.4. The zero-order valence-corrected chi connectivity index (χ0v) is 11.5. The Hall–Kier alpha value is -0.870. The number of aromatic nitrogens is 2. The maximum absolute atomic E-state index is 4.77. The lowest BCUT2D eigenvalue weighted by Gasteiger charge is -2.26. The first-order valence-corrected chi connectivity index (χ1v) is 6.92. The number of rotatable bonds is 3. The Bertz CT molecular complexity index is 543. The fourth-order valence-corrected chi connectivity index (χ4v) is 2.76. The minimum absolute atomic E-state index is 0.764. The predicted octanol–water partition coefficient (Wildman–Crippen LogP) is 2.58. The molecule has 0 atom stereocenters. The third kappa shape index (κ3) is 2.00. The summed E-state index contributed by atoms with van der Waals surface area (Å²) in [5.74, 6) is 1.99. The molecule has 1 saturated heterocycles. The fraction of sp³-hybridized carbons (Fsp3) is 0.462. The summed E-state index contributed by atoms with van der Waals surface area (Å²) in [5.41, 5.74) is 2.35. The highest BCUT2D eigenvalue weighted by Gasteiger charge is 2.20. The predicted molar refractivity (Wildman–Crippen MR) is 73.2 cm³/mol. The summed E-state index contributed by atoms with van der Waals surface area (Å²) in [6.07, 6.45) is 1.09. The second-order valence-electron chi connectivity index (χ2n) is 4.63. The monoisotopic (exact) mass is 293 g/mol. The van der Waals surface area contributed by atoms with Crippen molar-refractivity contribution in [1.29, 1.82) is 0 Å². The van der Waals surface area contributed by atoms with Gasteiger partial charge in [0.1, 0.15) is 5.82 Å². The van der Waals surface area contributed by atoms with Crippen LogP contribution in [-0.2, 0) is 13.0 Å². The topological polar surface area (TPSA) is 29.9 Å². The molecule has 1 aliphatic heterocycles. The van der Waals surface area contributed by atoms with Crippen molar-refractivity contribution in [3.63, 3.8) is 0 Å². The first-order valence-electron chi connectivity index (χ1n) is 6.13. The molecule has 0 spiro atoms. The van der Waals surface area contributed by atoms with Gasteiger partial charge in [-0.1, -0.05) is 15.9 Å². The van der Waals surface area contributed by atoms with Crippen LogP contribution >= 0.6 is 15.9 Å². The Kier molecular flexibility index (Phi) is 2.92. The van der Waals surface area contributed by atoms with Gasteiger partial charge in [0.25, 0.3) is 0 Å². The minimum Gasteiger partial charge on any atom is -0.328 e. The quantitative estimate of drug-likeness (QED) is 0.943. The van der Waals surface area contributed by atoms with Crippen molar-refractivity contribution in [3.8, 4) is 0 Å². The van der Waals surface area contributed by atoms with E-state index in [1.807, 2.05) is 0 Å². The van der Waals surface area contributed by atoms with E-state index in [2.05, 4.69) is 50.9 Å². The molecule has 2 heterocycles. The second-order valence-corrected chi connectivity index (χ2v) is 5.55. The zero-order valence-electron chi connectivity index (χ0n) is 9.91. The molecule has 1 aliphatic rings. The molecule has 1 aromatic carbocycles. The molecule has 0 radical (unpaired) electrons. The van der Waals surface area contributed by atoms with E-state index >= 15 is 0 Å². The number of benzene rings is 1. The van der Waals surface area contributed by atoms with Crippen molar-refractivity contribution in [2.45, 2.75) is 19.9 Å². The molecule has 1 fully saturated rings. The molecule has 4 heteroatoms. The van der Waals surface area contributed by atoms with Gasteiger partial charge in [-0.3, -0.25) is 0 Å². The van der Waals surface area contributed by atoms with Gasteiger partial charge in [-0.15, -0.1) is 0 Å². The van der Waals surface area contributed by atoms with Gasteiger partial charge in [-0.25, -0.2) is 4.98 Å². The van der Waals surface area contributed by atoms with Crippen molar-refractivity contribution in [3.05, 3.63) is 28.5 Å². The van der Waals surface area contributed by atoms with E-state index in [1.165, 1.54) is 11.3 Å². The van der Waals surface area contributed by atoms with Gasteiger partial charge in [0.05, 0.1) is 11.0 Å². The Morgan fingerprint density at radius 2 is 2.29 bits per heavy atom. The van der Waals surface area contributed by atoms with Gasteiger partial charge in [0.2, 0.25) is 0 Å². The molecule has 0 unspecified atom stereocenters. The van der Waals surface area contributed by atoms with Crippen LogP contribution in [0.1, 0.15) is 12.7 Å². The number of hydrogen-bond donors (Lipinski definition) is 1. The Morgan fingerprint density at radius 1 is 1.47 bits per heavy atom. The number of hydrogen-bond acceptors (Lipinski definition) is 2. The van der Waals surface area contributed by atoms with Crippen LogP contribution in [0.5, 0.6) is 0 Å². The maximum atomic E-state index is 4.77. The molecular formula is C13H16BrN3. The smallest absolute Gasteiger partial charge is 0.110 e. The Balaban J connectivity index is 2.03. The van der Waals surface area contributed by atoms with Crippen molar-refractivity contribution >= 4 is 27.0 Å². The molecule has 0 saturated carbocycles. The highest BCUT2D eigenvalue weighted by Crippen LogP contribution is 2.23. The molecule has 2 aromatic rings. The summed E-state index contributed by atoms with van der Waals surface area (Å²) >= 11 is 3.50. The van der Waals surface area contributed by atoms with Crippen LogP contribution < -0.4 is 5.32 Å². The van der Waals surface area contributed by atoms with Gasteiger partial charge in [-0.2, -0.15) is 0 Å². The third-order valence-corrected chi connectivity index (χ3v) is 3.94. The van der Waals surface area contributed by atoms with Gasteiger partial charge in [0.15, 0.2) is 0 Å². The van der Waals surface area contributed by atoms with Crippen molar-refractivity contribution in [2.24, 2.45) is 5.92 Å². The van der Waals surface area contributed by atoms with Crippen molar-refractivity contribution < 1.29 is 0 Å². The summed E-state index contributed by atoms with van der Waals surface area (Å²) in [6.45, 7) is 5.45. The van der Waals surface area contributed by atoms with E-state index in [9.17, 15) is 0 Å². The molecule has 17 heavy (non-hydrogen) atoms. The molecule has 90 valence electrons. The molecule has 3 nitrogen and oxygen atoms in total. The SMILES string of the molecule is CCn1c(CC2CNC2)nc2cc(Br)ccc21. The van der Waals surface area contributed by atoms with Crippen LogP contribution in [0, 0.1) is 5.92 Å². The van der Waals surface area contributed by atoms with E-state index in [0.29, 0.717) is 0 Å². The van der Waals surface area contributed by atoms with E-state index in [1.54, 1.807) is 0 Å². The standard InChI is InChI=1S/C13H16BrN3/c1-2-17-12-4-3-10(14)6-11(12)16-13(17)5-9-7-15-8-9/h3-4,6,9,15H,2,5,7-8H2,1H3. The van der Waals surface area contributed by atoms with E-state index < -0.39 is 0 Å². The largest absolute Gasteiger partial charge is 0.328 e. The maximum Gasteiger partial charge on any atom is 0.110 e. The van der Waals surface area contributed by atoms with Crippen molar-refractivity contribution in [1.82, 2.24) is 14.9 Å². The summed E-state index contributed by atoms with van der Waals surface area (Å²) in [6, 6.07) is 6.34. The molecule has 0 bridgehead atoms. The molecule has 0 amide bonds. The van der Waals surface area contributed by atoms with Crippen LogP contribution in [0.25, 0.3) is 11.0 Å².